The number of nitrogens with one attached hydrogen (secondary N) is 1. The van der Waals surface area contributed by atoms with Crippen LogP contribution < -0.4 is 5.32 Å². The lowest BCUT2D eigenvalue weighted by atomic mass is 10.2. The average molecular weight is 252 g/mol. The molecule has 0 aliphatic heterocycles. The molecule has 8 heteroatoms. The van der Waals surface area contributed by atoms with E-state index in [1.807, 2.05) is 0 Å². The fourth-order valence-electron chi connectivity index (χ4n) is 1.42. The Labute approximate surface area is 101 Å². The first-order valence-corrected chi connectivity index (χ1v) is 5.10. The lowest BCUT2D eigenvalue weighted by Gasteiger charge is -2.05. The van der Waals surface area contributed by atoms with Gasteiger partial charge in [0.15, 0.2) is 5.82 Å². The van der Waals surface area contributed by atoms with Crippen molar-refractivity contribution in [3.63, 3.8) is 0 Å². The molecular weight excluding hydrogens is 243 g/mol. The number of nitrogens with zero attached hydrogens (tertiary/aromatic N) is 3. The highest BCUT2D eigenvalue weighted by atomic mass is 19.1. The number of hydrogen-bond donors (Lipinski definition) is 1. The van der Waals surface area contributed by atoms with Gasteiger partial charge in [-0.3, -0.25) is 10.1 Å². The summed E-state index contributed by atoms with van der Waals surface area (Å²) in [6, 6.07) is 3.35. The molecule has 0 saturated heterocycles. The van der Waals surface area contributed by atoms with Crippen LogP contribution in [0.15, 0.2) is 29.1 Å². The van der Waals surface area contributed by atoms with Crippen LogP contribution in [0, 0.1) is 15.9 Å². The SMILES string of the molecule is O=[N+]([O-])c1cc(F)ccc1NCCc1ncon1. The summed E-state index contributed by atoms with van der Waals surface area (Å²) in [5.41, 5.74) is -0.0481. The van der Waals surface area contributed by atoms with Crippen LogP contribution in [0.4, 0.5) is 15.8 Å². The van der Waals surface area contributed by atoms with Gasteiger partial charge in [-0.1, -0.05) is 5.16 Å². The molecule has 2 rings (SSSR count). The molecule has 0 fully saturated rings. The number of nitro benzene ring substituents is 1. The van der Waals surface area contributed by atoms with E-state index in [1.165, 1.54) is 12.5 Å². The van der Waals surface area contributed by atoms with Crippen molar-refractivity contribution in [1.82, 2.24) is 10.1 Å². The summed E-state index contributed by atoms with van der Waals surface area (Å²) < 4.78 is 17.4. The molecule has 0 saturated carbocycles. The van der Waals surface area contributed by atoms with Crippen molar-refractivity contribution in [3.05, 3.63) is 46.3 Å². The first-order chi connectivity index (χ1) is 8.66. The zero-order valence-electron chi connectivity index (χ0n) is 9.17. The van der Waals surface area contributed by atoms with Gasteiger partial charge in [0, 0.05) is 13.0 Å². The number of benzene rings is 1. The van der Waals surface area contributed by atoms with E-state index < -0.39 is 10.7 Å². The molecule has 1 N–H and O–H groups in total. The first kappa shape index (κ1) is 12.0. The smallest absolute Gasteiger partial charge is 0.295 e. The van der Waals surface area contributed by atoms with E-state index in [0.717, 1.165) is 12.1 Å². The molecule has 0 radical (unpaired) electrons. The van der Waals surface area contributed by atoms with Crippen molar-refractivity contribution in [3.8, 4) is 0 Å². The van der Waals surface area contributed by atoms with Gasteiger partial charge in [-0.15, -0.1) is 0 Å². The molecule has 7 nitrogen and oxygen atoms in total. The molecule has 0 spiro atoms. The van der Waals surface area contributed by atoms with E-state index in [1.54, 1.807) is 0 Å². The molecule has 0 atom stereocenters. The highest BCUT2D eigenvalue weighted by Crippen LogP contribution is 2.24. The molecule has 1 heterocycles. The topological polar surface area (TPSA) is 94.1 Å². The maximum atomic E-state index is 12.9. The highest BCUT2D eigenvalue weighted by Gasteiger charge is 2.14. The second kappa shape index (κ2) is 5.21. The second-order valence-corrected chi connectivity index (χ2v) is 3.44. The Morgan fingerprint density at radius 3 is 3.00 bits per heavy atom. The van der Waals surface area contributed by atoms with E-state index in [-0.39, 0.29) is 11.4 Å². The maximum Gasteiger partial charge on any atom is 0.295 e. The molecule has 0 bridgehead atoms. The Kier molecular flexibility index (Phi) is 3.46. The van der Waals surface area contributed by atoms with Crippen molar-refractivity contribution >= 4 is 11.4 Å². The van der Waals surface area contributed by atoms with Gasteiger partial charge >= 0.3 is 0 Å². The van der Waals surface area contributed by atoms with Gasteiger partial charge in [-0.25, -0.2) is 4.39 Å². The number of hydrogen-bond acceptors (Lipinski definition) is 6. The Balaban J connectivity index is 2.02. The lowest BCUT2D eigenvalue weighted by molar-refractivity contribution is -0.384. The van der Waals surface area contributed by atoms with Crippen LogP contribution in [0.3, 0.4) is 0 Å². The summed E-state index contributed by atoms with van der Waals surface area (Å²) in [6.45, 7) is 0.381. The summed E-state index contributed by atoms with van der Waals surface area (Å²) in [5.74, 6) is -0.155. The largest absolute Gasteiger partial charge is 0.379 e. The Hall–Kier alpha value is -2.51. The minimum Gasteiger partial charge on any atom is -0.379 e. The summed E-state index contributed by atoms with van der Waals surface area (Å²) in [5, 5.41) is 17.2. The van der Waals surface area contributed by atoms with Gasteiger partial charge in [0.2, 0.25) is 6.39 Å². The van der Waals surface area contributed by atoms with Crippen LogP contribution in [0.5, 0.6) is 0 Å². The number of halogens is 1. The number of nitro groups is 1. The predicted molar refractivity (Wildman–Crippen MR) is 59.5 cm³/mol. The van der Waals surface area contributed by atoms with Crippen molar-refractivity contribution in [2.24, 2.45) is 0 Å². The number of rotatable bonds is 5. The predicted octanol–water partition coefficient (Wildman–Crippen LogP) is 1.77. The van der Waals surface area contributed by atoms with Gasteiger partial charge in [-0.05, 0) is 12.1 Å². The molecule has 94 valence electrons. The van der Waals surface area contributed by atoms with E-state index in [4.69, 9.17) is 0 Å². The minimum atomic E-state index is -0.648. The molecule has 2 aromatic rings. The van der Waals surface area contributed by atoms with Crippen molar-refractivity contribution in [2.45, 2.75) is 6.42 Å². The minimum absolute atomic E-state index is 0.255. The molecule has 1 aromatic heterocycles. The second-order valence-electron chi connectivity index (χ2n) is 3.44. The molecular formula is C10H9FN4O3. The number of aromatic nitrogens is 2. The first-order valence-electron chi connectivity index (χ1n) is 5.10. The van der Waals surface area contributed by atoms with Crippen LogP contribution in [0.1, 0.15) is 5.82 Å². The molecule has 0 aliphatic carbocycles. The summed E-state index contributed by atoms with van der Waals surface area (Å²) in [6.07, 6.45) is 1.65. The van der Waals surface area contributed by atoms with Crippen molar-refractivity contribution in [2.75, 3.05) is 11.9 Å². The quantitative estimate of drug-likeness (QED) is 0.643. The van der Waals surface area contributed by atoms with E-state index in [0.29, 0.717) is 18.8 Å². The van der Waals surface area contributed by atoms with E-state index >= 15 is 0 Å². The molecule has 0 amide bonds. The average Bonchev–Trinajstić information content (AvgIpc) is 2.84. The van der Waals surface area contributed by atoms with Crippen LogP contribution in [-0.2, 0) is 6.42 Å². The normalized spacial score (nSPS) is 10.3. The van der Waals surface area contributed by atoms with E-state index in [2.05, 4.69) is 20.0 Å². The third kappa shape index (κ3) is 2.78. The van der Waals surface area contributed by atoms with Crippen LogP contribution in [0.2, 0.25) is 0 Å². The van der Waals surface area contributed by atoms with Crippen LogP contribution in [-0.4, -0.2) is 21.6 Å². The van der Waals surface area contributed by atoms with Gasteiger partial charge in [0.05, 0.1) is 11.0 Å². The van der Waals surface area contributed by atoms with Gasteiger partial charge in [0.25, 0.3) is 5.69 Å². The fraction of sp³-hybridized carbons (Fsp3) is 0.200. The fourth-order valence-corrected chi connectivity index (χ4v) is 1.42. The van der Waals surface area contributed by atoms with Crippen molar-refractivity contribution in [1.29, 1.82) is 0 Å². The Morgan fingerprint density at radius 2 is 2.33 bits per heavy atom. The monoisotopic (exact) mass is 252 g/mol. The zero-order valence-corrected chi connectivity index (χ0v) is 9.17. The number of anilines is 1. The molecule has 18 heavy (non-hydrogen) atoms. The standard InChI is InChI=1S/C10H9FN4O3/c11-7-1-2-8(9(5-7)15(16)17)12-4-3-10-13-6-18-14-10/h1-2,5-6,12H,3-4H2. The van der Waals surface area contributed by atoms with Gasteiger partial charge < -0.3 is 9.84 Å². The van der Waals surface area contributed by atoms with Crippen molar-refractivity contribution < 1.29 is 13.8 Å². The summed E-state index contributed by atoms with van der Waals surface area (Å²) in [7, 11) is 0. The van der Waals surface area contributed by atoms with Gasteiger partial charge in [-0.2, -0.15) is 4.98 Å². The molecule has 0 unspecified atom stereocenters. The van der Waals surface area contributed by atoms with Gasteiger partial charge in [0.1, 0.15) is 11.5 Å². The van der Waals surface area contributed by atoms with Crippen LogP contribution in [0.25, 0.3) is 0 Å². The Bertz CT molecular complexity index is 544. The van der Waals surface area contributed by atoms with E-state index in [9.17, 15) is 14.5 Å². The maximum absolute atomic E-state index is 12.9. The Morgan fingerprint density at radius 1 is 1.50 bits per heavy atom. The zero-order chi connectivity index (χ0) is 13.0. The molecule has 1 aromatic carbocycles. The highest BCUT2D eigenvalue weighted by molar-refractivity contribution is 5.61. The third-order valence-corrected chi connectivity index (χ3v) is 2.23. The summed E-state index contributed by atoms with van der Waals surface area (Å²) in [4.78, 5) is 13.9. The summed E-state index contributed by atoms with van der Waals surface area (Å²) >= 11 is 0. The molecule has 0 aliphatic rings. The van der Waals surface area contributed by atoms with Crippen LogP contribution >= 0.6 is 0 Å². The third-order valence-electron chi connectivity index (χ3n) is 2.23. The lowest BCUT2D eigenvalue weighted by Crippen LogP contribution is -2.07.